The molecule has 2 unspecified atom stereocenters. The summed E-state index contributed by atoms with van der Waals surface area (Å²) in [5.74, 6) is 0.923. The van der Waals surface area contributed by atoms with Crippen molar-refractivity contribution in [3.8, 4) is 0 Å². The average molecular weight is 346 g/mol. The molecule has 126 valence electrons. The van der Waals surface area contributed by atoms with Crippen molar-refractivity contribution >= 4 is 31.5 Å². The molecule has 2 atom stereocenters. The van der Waals surface area contributed by atoms with Gasteiger partial charge in [0.15, 0.2) is 0 Å². The Morgan fingerprint density at radius 1 is 0.800 bits per heavy atom. The van der Waals surface area contributed by atoms with Gasteiger partial charge in [-0.3, -0.25) is 0 Å². The summed E-state index contributed by atoms with van der Waals surface area (Å²) in [5.41, 5.74) is 2.80. The van der Waals surface area contributed by atoms with Gasteiger partial charge in [0.05, 0.1) is 0 Å². The molecule has 0 aliphatic rings. The van der Waals surface area contributed by atoms with E-state index in [1.54, 1.807) is 0 Å². The Labute approximate surface area is 153 Å². The van der Waals surface area contributed by atoms with Gasteiger partial charge in [0.25, 0.3) is 0 Å². The molecule has 0 fully saturated rings. The number of benzene rings is 3. The highest BCUT2D eigenvalue weighted by molar-refractivity contribution is 7.25. The van der Waals surface area contributed by atoms with Crippen molar-refractivity contribution in [3.63, 3.8) is 0 Å². The normalized spacial score (nSPS) is 14.0. The van der Waals surface area contributed by atoms with Gasteiger partial charge in [0, 0.05) is 26.1 Å². The first kappa shape index (κ1) is 16.3. The molecule has 0 saturated heterocycles. The topological polar surface area (TPSA) is 12.0 Å². The van der Waals surface area contributed by atoms with Gasteiger partial charge >= 0.3 is 0 Å². The minimum atomic E-state index is 0.400. The number of thiophene rings is 1. The highest BCUT2D eigenvalue weighted by Gasteiger charge is 2.21. The molecule has 0 aliphatic carbocycles. The van der Waals surface area contributed by atoms with Crippen molar-refractivity contribution in [1.82, 2.24) is 5.32 Å². The standard InChI is InChI=1S/C23H23NS/c1-16(15-24-2)23(17-8-4-3-5-9-17)18-12-13-22-20(14-18)19-10-6-7-11-21(19)25-22/h3-14,16,23-24H,15H2,1-2H3. The maximum atomic E-state index is 3.35. The summed E-state index contributed by atoms with van der Waals surface area (Å²) in [5, 5.41) is 6.11. The highest BCUT2D eigenvalue weighted by Crippen LogP contribution is 2.38. The monoisotopic (exact) mass is 345 g/mol. The third kappa shape index (κ3) is 3.08. The zero-order valence-electron chi connectivity index (χ0n) is 14.7. The molecule has 0 aliphatic heterocycles. The summed E-state index contributed by atoms with van der Waals surface area (Å²) < 4.78 is 2.74. The predicted molar refractivity (Wildman–Crippen MR) is 111 cm³/mol. The van der Waals surface area contributed by atoms with Crippen LogP contribution >= 0.6 is 11.3 Å². The van der Waals surface area contributed by atoms with Crippen LogP contribution in [0.4, 0.5) is 0 Å². The van der Waals surface area contributed by atoms with Crippen molar-refractivity contribution in [1.29, 1.82) is 0 Å². The Kier molecular flexibility index (Phi) is 4.56. The molecule has 1 N–H and O–H groups in total. The van der Waals surface area contributed by atoms with E-state index in [0.717, 1.165) is 6.54 Å². The second kappa shape index (κ2) is 6.99. The minimum absolute atomic E-state index is 0.400. The Balaban J connectivity index is 1.87. The number of hydrogen-bond donors (Lipinski definition) is 1. The third-order valence-electron chi connectivity index (χ3n) is 5.01. The van der Waals surface area contributed by atoms with Gasteiger partial charge in [0.2, 0.25) is 0 Å². The van der Waals surface area contributed by atoms with Crippen LogP contribution in [0.1, 0.15) is 24.0 Å². The molecule has 0 radical (unpaired) electrons. The van der Waals surface area contributed by atoms with Crippen LogP contribution in [0.5, 0.6) is 0 Å². The van der Waals surface area contributed by atoms with E-state index in [0.29, 0.717) is 11.8 Å². The van der Waals surface area contributed by atoms with E-state index in [-0.39, 0.29) is 0 Å². The van der Waals surface area contributed by atoms with E-state index < -0.39 is 0 Å². The van der Waals surface area contributed by atoms with Crippen molar-refractivity contribution in [3.05, 3.63) is 83.9 Å². The molecule has 0 saturated carbocycles. The second-order valence-electron chi connectivity index (χ2n) is 6.78. The lowest BCUT2D eigenvalue weighted by Gasteiger charge is -2.25. The predicted octanol–water partition coefficient (Wildman–Crippen LogP) is 6.04. The Bertz CT molecular complexity index is 987. The average Bonchev–Trinajstić information content (AvgIpc) is 3.01. The molecule has 0 spiro atoms. The lowest BCUT2D eigenvalue weighted by atomic mass is 9.81. The van der Waals surface area contributed by atoms with Crippen LogP contribution in [0.3, 0.4) is 0 Å². The van der Waals surface area contributed by atoms with E-state index in [1.165, 1.54) is 31.3 Å². The zero-order valence-corrected chi connectivity index (χ0v) is 15.5. The quantitative estimate of drug-likeness (QED) is 0.465. The fraction of sp³-hybridized carbons (Fsp3) is 0.217. The maximum absolute atomic E-state index is 3.35. The van der Waals surface area contributed by atoms with Gasteiger partial charge in [-0.1, -0.05) is 61.5 Å². The number of hydrogen-bond acceptors (Lipinski definition) is 2. The summed E-state index contributed by atoms with van der Waals surface area (Å²) in [4.78, 5) is 0. The number of fused-ring (bicyclic) bond motifs is 3. The van der Waals surface area contributed by atoms with Gasteiger partial charge < -0.3 is 5.32 Å². The Morgan fingerprint density at radius 2 is 1.52 bits per heavy atom. The van der Waals surface area contributed by atoms with Gasteiger partial charge in [-0.15, -0.1) is 11.3 Å². The van der Waals surface area contributed by atoms with E-state index in [9.17, 15) is 0 Å². The molecule has 0 amide bonds. The van der Waals surface area contributed by atoms with Crippen LogP contribution in [-0.4, -0.2) is 13.6 Å². The molecule has 1 aromatic heterocycles. The van der Waals surface area contributed by atoms with Crippen LogP contribution in [-0.2, 0) is 0 Å². The Morgan fingerprint density at radius 3 is 2.32 bits per heavy atom. The SMILES string of the molecule is CNCC(C)C(c1ccccc1)c1ccc2sc3ccccc3c2c1. The smallest absolute Gasteiger partial charge is 0.0355 e. The summed E-state index contributed by atoms with van der Waals surface area (Å²) >= 11 is 1.88. The molecule has 25 heavy (non-hydrogen) atoms. The fourth-order valence-electron chi connectivity index (χ4n) is 3.89. The summed E-state index contributed by atoms with van der Waals surface area (Å²) in [6.45, 7) is 3.34. The van der Waals surface area contributed by atoms with Crippen LogP contribution in [0.15, 0.2) is 72.8 Å². The van der Waals surface area contributed by atoms with Crippen molar-refractivity contribution in [2.75, 3.05) is 13.6 Å². The molecule has 2 heteroatoms. The van der Waals surface area contributed by atoms with Crippen molar-refractivity contribution in [2.24, 2.45) is 5.92 Å². The van der Waals surface area contributed by atoms with Gasteiger partial charge in [0.1, 0.15) is 0 Å². The molecular weight excluding hydrogens is 322 g/mol. The van der Waals surface area contributed by atoms with Gasteiger partial charge in [-0.05, 0) is 48.8 Å². The van der Waals surface area contributed by atoms with E-state index in [2.05, 4.69) is 85.0 Å². The number of rotatable bonds is 5. The van der Waals surface area contributed by atoms with E-state index in [1.807, 2.05) is 18.4 Å². The van der Waals surface area contributed by atoms with Crippen LogP contribution in [0, 0.1) is 5.92 Å². The molecule has 1 heterocycles. The third-order valence-corrected chi connectivity index (χ3v) is 6.17. The molecule has 3 aromatic carbocycles. The van der Waals surface area contributed by atoms with Crippen molar-refractivity contribution in [2.45, 2.75) is 12.8 Å². The zero-order chi connectivity index (χ0) is 17.2. The first-order valence-electron chi connectivity index (χ1n) is 8.88. The number of nitrogens with one attached hydrogen (secondary N) is 1. The summed E-state index contributed by atoms with van der Waals surface area (Å²) in [6, 6.07) is 26.7. The Hall–Kier alpha value is -2.16. The molecule has 0 bridgehead atoms. The first-order chi connectivity index (χ1) is 12.3. The summed E-state index contributed by atoms with van der Waals surface area (Å²) in [7, 11) is 2.04. The highest BCUT2D eigenvalue weighted by atomic mass is 32.1. The first-order valence-corrected chi connectivity index (χ1v) is 9.70. The second-order valence-corrected chi connectivity index (χ2v) is 7.86. The van der Waals surface area contributed by atoms with Crippen LogP contribution in [0.2, 0.25) is 0 Å². The van der Waals surface area contributed by atoms with E-state index in [4.69, 9.17) is 0 Å². The van der Waals surface area contributed by atoms with Crippen molar-refractivity contribution < 1.29 is 0 Å². The lowest BCUT2D eigenvalue weighted by molar-refractivity contribution is 0.487. The van der Waals surface area contributed by atoms with Crippen LogP contribution < -0.4 is 5.32 Å². The molecule has 1 nitrogen and oxygen atoms in total. The maximum Gasteiger partial charge on any atom is 0.0355 e. The largest absolute Gasteiger partial charge is 0.319 e. The van der Waals surface area contributed by atoms with Crippen LogP contribution in [0.25, 0.3) is 20.2 Å². The fourth-order valence-corrected chi connectivity index (χ4v) is 4.97. The minimum Gasteiger partial charge on any atom is -0.319 e. The summed E-state index contributed by atoms with van der Waals surface area (Å²) in [6.07, 6.45) is 0. The molecule has 4 aromatic rings. The molecule has 4 rings (SSSR count). The lowest BCUT2D eigenvalue weighted by Crippen LogP contribution is -2.23. The van der Waals surface area contributed by atoms with Gasteiger partial charge in [-0.25, -0.2) is 0 Å². The van der Waals surface area contributed by atoms with Gasteiger partial charge in [-0.2, -0.15) is 0 Å². The molecular formula is C23H23NS. The van der Waals surface area contributed by atoms with E-state index >= 15 is 0 Å².